The van der Waals surface area contributed by atoms with Crippen molar-refractivity contribution in [2.75, 3.05) is 0 Å². The van der Waals surface area contributed by atoms with Crippen LogP contribution in [-0.2, 0) is 0 Å². The zero-order valence-electron chi connectivity index (χ0n) is 9.17. The standard InChI is InChI=1S/C13H18ClN/c1-9-6-7-11(8-12(9)14)13(15)10-4-2-3-5-10/h6-8,10,13H,2-5,15H2,1H3/t13-/m0/s1. The second-order valence-electron chi connectivity index (χ2n) is 4.58. The van der Waals surface area contributed by atoms with Gasteiger partial charge in [-0.2, -0.15) is 0 Å². The maximum atomic E-state index is 6.26. The first-order valence-electron chi connectivity index (χ1n) is 5.70. The molecular formula is C13H18ClN. The first-order chi connectivity index (χ1) is 7.18. The lowest BCUT2D eigenvalue weighted by atomic mass is 9.92. The third-order valence-electron chi connectivity index (χ3n) is 3.49. The molecule has 2 rings (SSSR count). The predicted molar refractivity (Wildman–Crippen MR) is 65.1 cm³/mol. The molecule has 1 aliphatic carbocycles. The maximum Gasteiger partial charge on any atom is 0.0438 e. The lowest BCUT2D eigenvalue weighted by molar-refractivity contribution is 0.445. The van der Waals surface area contributed by atoms with Crippen LogP contribution in [0.4, 0.5) is 0 Å². The first kappa shape index (κ1) is 11.0. The van der Waals surface area contributed by atoms with Crippen molar-refractivity contribution in [2.24, 2.45) is 11.7 Å². The summed E-state index contributed by atoms with van der Waals surface area (Å²) in [5.41, 5.74) is 8.58. The molecule has 0 spiro atoms. The van der Waals surface area contributed by atoms with Gasteiger partial charge in [0.15, 0.2) is 0 Å². The molecule has 1 aromatic rings. The Morgan fingerprint density at radius 2 is 2.00 bits per heavy atom. The van der Waals surface area contributed by atoms with E-state index < -0.39 is 0 Å². The molecule has 82 valence electrons. The molecule has 1 aliphatic rings. The van der Waals surface area contributed by atoms with E-state index in [0.717, 1.165) is 10.6 Å². The van der Waals surface area contributed by atoms with Crippen LogP contribution in [0.3, 0.4) is 0 Å². The van der Waals surface area contributed by atoms with Crippen LogP contribution in [0.15, 0.2) is 18.2 Å². The molecule has 0 amide bonds. The van der Waals surface area contributed by atoms with Gasteiger partial charge >= 0.3 is 0 Å². The minimum Gasteiger partial charge on any atom is -0.324 e. The summed E-state index contributed by atoms with van der Waals surface area (Å²) in [4.78, 5) is 0. The molecular weight excluding hydrogens is 206 g/mol. The molecule has 0 radical (unpaired) electrons. The van der Waals surface area contributed by atoms with Crippen LogP contribution < -0.4 is 5.73 Å². The predicted octanol–water partition coefficient (Wildman–Crippen LogP) is 3.84. The third kappa shape index (κ3) is 2.35. The van der Waals surface area contributed by atoms with Crippen molar-refractivity contribution in [1.29, 1.82) is 0 Å². The zero-order chi connectivity index (χ0) is 10.8. The van der Waals surface area contributed by atoms with Gasteiger partial charge in [0.1, 0.15) is 0 Å². The molecule has 0 aromatic heterocycles. The maximum absolute atomic E-state index is 6.26. The SMILES string of the molecule is Cc1ccc([C@@H](N)C2CCCC2)cc1Cl. The number of rotatable bonds is 2. The molecule has 0 aliphatic heterocycles. The number of hydrogen-bond donors (Lipinski definition) is 1. The van der Waals surface area contributed by atoms with E-state index in [1.54, 1.807) is 0 Å². The summed E-state index contributed by atoms with van der Waals surface area (Å²) in [6.45, 7) is 2.02. The topological polar surface area (TPSA) is 26.0 Å². The molecule has 0 heterocycles. The van der Waals surface area contributed by atoms with Crippen LogP contribution in [0.5, 0.6) is 0 Å². The quantitative estimate of drug-likeness (QED) is 0.810. The molecule has 0 unspecified atom stereocenters. The van der Waals surface area contributed by atoms with Gasteiger partial charge in [-0.15, -0.1) is 0 Å². The minimum atomic E-state index is 0.172. The molecule has 2 heteroatoms. The fourth-order valence-electron chi connectivity index (χ4n) is 2.41. The lowest BCUT2D eigenvalue weighted by Gasteiger charge is -2.19. The minimum absolute atomic E-state index is 0.172. The van der Waals surface area contributed by atoms with Crippen molar-refractivity contribution >= 4 is 11.6 Å². The average molecular weight is 224 g/mol. The Bertz CT molecular complexity index is 342. The molecule has 2 N–H and O–H groups in total. The Labute approximate surface area is 96.6 Å². The van der Waals surface area contributed by atoms with Crippen molar-refractivity contribution in [3.63, 3.8) is 0 Å². The van der Waals surface area contributed by atoms with Gasteiger partial charge < -0.3 is 5.73 Å². The van der Waals surface area contributed by atoms with E-state index in [1.807, 2.05) is 13.0 Å². The van der Waals surface area contributed by atoms with Gasteiger partial charge in [0.25, 0.3) is 0 Å². The Kier molecular flexibility index (Phi) is 3.32. The van der Waals surface area contributed by atoms with E-state index in [1.165, 1.54) is 31.2 Å². The molecule has 0 bridgehead atoms. The van der Waals surface area contributed by atoms with E-state index in [9.17, 15) is 0 Å². The van der Waals surface area contributed by atoms with Gasteiger partial charge in [0, 0.05) is 11.1 Å². The smallest absolute Gasteiger partial charge is 0.0438 e. The summed E-state index contributed by atoms with van der Waals surface area (Å²) < 4.78 is 0. The summed E-state index contributed by atoms with van der Waals surface area (Å²) in [5, 5.41) is 0.834. The van der Waals surface area contributed by atoms with E-state index in [2.05, 4.69) is 12.1 Å². The highest BCUT2D eigenvalue weighted by Gasteiger charge is 2.23. The Balaban J connectivity index is 2.17. The molecule has 15 heavy (non-hydrogen) atoms. The highest BCUT2D eigenvalue weighted by Crippen LogP contribution is 2.35. The number of halogens is 1. The monoisotopic (exact) mass is 223 g/mol. The average Bonchev–Trinajstić information content (AvgIpc) is 2.74. The van der Waals surface area contributed by atoms with Crippen LogP contribution in [0, 0.1) is 12.8 Å². The van der Waals surface area contributed by atoms with Crippen molar-refractivity contribution in [3.05, 3.63) is 34.3 Å². The van der Waals surface area contributed by atoms with Crippen LogP contribution in [0.25, 0.3) is 0 Å². The lowest BCUT2D eigenvalue weighted by Crippen LogP contribution is -2.19. The summed E-state index contributed by atoms with van der Waals surface area (Å²) in [7, 11) is 0. The van der Waals surface area contributed by atoms with Gasteiger partial charge in [-0.3, -0.25) is 0 Å². The van der Waals surface area contributed by atoms with E-state index in [0.29, 0.717) is 5.92 Å². The second-order valence-corrected chi connectivity index (χ2v) is 4.99. The fourth-order valence-corrected chi connectivity index (χ4v) is 2.59. The van der Waals surface area contributed by atoms with E-state index >= 15 is 0 Å². The summed E-state index contributed by atoms with van der Waals surface area (Å²) in [6.07, 6.45) is 5.20. The summed E-state index contributed by atoms with van der Waals surface area (Å²) in [5.74, 6) is 0.656. The highest BCUT2D eigenvalue weighted by molar-refractivity contribution is 6.31. The largest absolute Gasteiger partial charge is 0.324 e. The van der Waals surface area contributed by atoms with Crippen molar-refractivity contribution < 1.29 is 0 Å². The number of hydrogen-bond acceptors (Lipinski definition) is 1. The van der Waals surface area contributed by atoms with E-state index in [4.69, 9.17) is 17.3 Å². The zero-order valence-corrected chi connectivity index (χ0v) is 9.93. The van der Waals surface area contributed by atoms with Gasteiger partial charge in [-0.1, -0.05) is 36.6 Å². The van der Waals surface area contributed by atoms with Gasteiger partial charge in [0.2, 0.25) is 0 Å². The van der Waals surface area contributed by atoms with Crippen molar-refractivity contribution in [2.45, 2.75) is 38.6 Å². The molecule has 0 saturated heterocycles. The second kappa shape index (κ2) is 4.54. The molecule has 1 saturated carbocycles. The van der Waals surface area contributed by atoms with Crippen molar-refractivity contribution in [3.8, 4) is 0 Å². The van der Waals surface area contributed by atoms with Crippen LogP contribution in [-0.4, -0.2) is 0 Å². The van der Waals surface area contributed by atoms with Crippen LogP contribution in [0.1, 0.15) is 42.9 Å². The molecule has 1 fully saturated rings. The third-order valence-corrected chi connectivity index (χ3v) is 3.90. The number of nitrogens with two attached hydrogens (primary N) is 1. The first-order valence-corrected chi connectivity index (χ1v) is 6.08. The van der Waals surface area contributed by atoms with Gasteiger partial charge in [-0.25, -0.2) is 0 Å². The number of benzene rings is 1. The van der Waals surface area contributed by atoms with Crippen LogP contribution in [0.2, 0.25) is 5.02 Å². The molecule has 1 atom stereocenters. The Morgan fingerprint density at radius 3 is 2.60 bits per heavy atom. The highest BCUT2D eigenvalue weighted by atomic mass is 35.5. The summed E-state index contributed by atoms with van der Waals surface area (Å²) in [6, 6.07) is 6.38. The fraction of sp³-hybridized carbons (Fsp3) is 0.538. The normalized spacial score (nSPS) is 19.4. The summed E-state index contributed by atoms with van der Waals surface area (Å²) >= 11 is 6.11. The Morgan fingerprint density at radius 1 is 1.33 bits per heavy atom. The molecule has 1 nitrogen and oxygen atoms in total. The Hall–Kier alpha value is -0.530. The number of aryl methyl sites for hydroxylation is 1. The van der Waals surface area contributed by atoms with Crippen LogP contribution >= 0.6 is 11.6 Å². The van der Waals surface area contributed by atoms with Gasteiger partial charge in [-0.05, 0) is 42.9 Å². The van der Waals surface area contributed by atoms with Crippen molar-refractivity contribution in [1.82, 2.24) is 0 Å². The van der Waals surface area contributed by atoms with E-state index in [-0.39, 0.29) is 6.04 Å². The molecule has 1 aromatic carbocycles. The van der Waals surface area contributed by atoms with Gasteiger partial charge in [0.05, 0.1) is 0 Å².